The van der Waals surface area contributed by atoms with Crippen LogP contribution >= 0.6 is 0 Å². The second kappa shape index (κ2) is 2.40. The molecular weight excluding hydrogens is 180 g/mol. The number of fused-ring (bicyclic) bond motifs is 1. The van der Waals surface area contributed by atoms with Crippen molar-refractivity contribution in [2.24, 2.45) is 11.3 Å². The predicted molar refractivity (Wildman–Crippen MR) is 51.9 cm³/mol. The van der Waals surface area contributed by atoms with Crippen LogP contribution in [0.15, 0.2) is 11.8 Å². The van der Waals surface area contributed by atoms with Gasteiger partial charge in [0.1, 0.15) is 11.9 Å². The standard InChI is InChI=1S/C11H16O3/c1-6(2)11-5-7(12)10(3,4)9(14-11)8(11)13/h5-6,9,12H,1-4H3. The molecule has 0 amide bonds. The van der Waals surface area contributed by atoms with Crippen molar-refractivity contribution in [1.29, 1.82) is 0 Å². The van der Waals surface area contributed by atoms with Crippen molar-refractivity contribution in [2.45, 2.75) is 39.4 Å². The highest BCUT2D eigenvalue weighted by molar-refractivity contribution is 6.00. The third kappa shape index (κ3) is 0.836. The first-order valence-corrected chi connectivity index (χ1v) is 4.97. The summed E-state index contributed by atoms with van der Waals surface area (Å²) >= 11 is 0. The molecule has 1 saturated heterocycles. The molecule has 1 fully saturated rings. The SMILES string of the molecule is CC(C)C12C=C(O)C(C)(C)C(O1)C2=O. The molecule has 2 heterocycles. The van der Waals surface area contributed by atoms with Gasteiger partial charge in [-0.1, -0.05) is 13.8 Å². The fourth-order valence-corrected chi connectivity index (χ4v) is 2.14. The van der Waals surface area contributed by atoms with Crippen LogP contribution in [0.4, 0.5) is 0 Å². The Kier molecular flexibility index (Phi) is 1.66. The Labute approximate surface area is 83.8 Å². The van der Waals surface area contributed by atoms with Crippen molar-refractivity contribution in [3.8, 4) is 0 Å². The molecule has 0 aromatic carbocycles. The van der Waals surface area contributed by atoms with Gasteiger partial charge in [0.15, 0.2) is 11.4 Å². The van der Waals surface area contributed by atoms with Crippen LogP contribution in [0.25, 0.3) is 0 Å². The van der Waals surface area contributed by atoms with E-state index in [0.717, 1.165) is 0 Å². The lowest BCUT2D eigenvalue weighted by molar-refractivity contribution is -0.226. The number of carbonyl (C=O) groups excluding carboxylic acids is 1. The van der Waals surface area contributed by atoms with Crippen LogP contribution in [-0.2, 0) is 9.53 Å². The molecule has 78 valence electrons. The first-order valence-electron chi connectivity index (χ1n) is 4.97. The van der Waals surface area contributed by atoms with Crippen molar-refractivity contribution in [3.05, 3.63) is 11.8 Å². The van der Waals surface area contributed by atoms with Crippen molar-refractivity contribution in [3.63, 3.8) is 0 Å². The summed E-state index contributed by atoms with van der Waals surface area (Å²) in [5.41, 5.74) is -1.40. The number of Topliss-reactive ketones (excluding diaryl/α,β-unsaturated/α-hetero) is 1. The van der Waals surface area contributed by atoms with Gasteiger partial charge in [-0.2, -0.15) is 0 Å². The Morgan fingerprint density at radius 2 is 2.07 bits per heavy atom. The summed E-state index contributed by atoms with van der Waals surface area (Å²) in [6, 6.07) is 0. The van der Waals surface area contributed by atoms with Crippen LogP contribution < -0.4 is 0 Å². The number of aliphatic hydroxyl groups is 1. The molecule has 3 rings (SSSR count). The fraction of sp³-hybridized carbons (Fsp3) is 0.727. The van der Waals surface area contributed by atoms with Gasteiger partial charge in [0.05, 0.1) is 5.41 Å². The Bertz CT molecular complexity index is 327. The van der Waals surface area contributed by atoms with Crippen molar-refractivity contribution < 1.29 is 14.6 Å². The highest BCUT2D eigenvalue weighted by atomic mass is 16.6. The molecule has 14 heavy (non-hydrogen) atoms. The summed E-state index contributed by atoms with van der Waals surface area (Å²) in [5.74, 6) is 0.460. The highest BCUT2D eigenvalue weighted by Crippen LogP contribution is 2.51. The van der Waals surface area contributed by atoms with E-state index in [1.165, 1.54) is 0 Å². The normalized spacial score (nSPS) is 39.4. The molecule has 0 aromatic heterocycles. The first kappa shape index (κ1) is 9.71. The monoisotopic (exact) mass is 196 g/mol. The summed E-state index contributed by atoms with van der Waals surface area (Å²) in [7, 11) is 0. The summed E-state index contributed by atoms with van der Waals surface area (Å²) in [5, 5.41) is 9.80. The zero-order valence-electron chi connectivity index (χ0n) is 9.00. The zero-order chi connectivity index (χ0) is 10.7. The van der Waals surface area contributed by atoms with Gasteiger partial charge in [0.2, 0.25) is 0 Å². The fourth-order valence-electron chi connectivity index (χ4n) is 2.14. The van der Waals surface area contributed by atoms with Gasteiger partial charge in [-0.05, 0) is 25.8 Å². The zero-order valence-corrected chi connectivity index (χ0v) is 9.00. The maximum absolute atomic E-state index is 11.9. The Balaban J connectivity index is 2.47. The number of hydrogen-bond acceptors (Lipinski definition) is 3. The second-order valence-corrected chi connectivity index (χ2v) is 5.06. The Hall–Kier alpha value is -0.830. The number of ketones is 1. The maximum atomic E-state index is 11.9. The van der Waals surface area contributed by atoms with Gasteiger partial charge in [-0.25, -0.2) is 0 Å². The Morgan fingerprint density at radius 1 is 1.50 bits per heavy atom. The van der Waals surface area contributed by atoms with Gasteiger partial charge < -0.3 is 9.84 Å². The smallest absolute Gasteiger partial charge is 0.198 e. The molecule has 2 bridgehead atoms. The first-order chi connectivity index (χ1) is 6.32. The lowest BCUT2D eigenvalue weighted by atomic mass is 9.63. The molecule has 0 spiro atoms. The quantitative estimate of drug-likeness (QED) is 0.696. The van der Waals surface area contributed by atoms with Crippen LogP contribution in [0, 0.1) is 11.3 Å². The van der Waals surface area contributed by atoms with Crippen LogP contribution in [0.1, 0.15) is 27.7 Å². The van der Waals surface area contributed by atoms with Gasteiger partial charge in [0.25, 0.3) is 0 Å². The molecule has 1 N–H and O–H groups in total. The average molecular weight is 196 g/mol. The van der Waals surface area contributed by atoms with Crippen LogP contribution in [0.5, 0.6) is 0 Å². The molecule has 2 aliphatic heterocycles. The van der Waals surface area contributed by atoms with E-state index in [9.17, 15) is 9.90 Å². The maximum Gasteiger partial charge on any atom is 0.198 e. The third-order valence-corrected chi connectivity index (χ3v) is 3.46. The van der Waals surface area contributed by atoms with Gasteiger partial charge in [0, 0.05) is 0 Å². The molecule has 3 heteroatoms. The van der Waals surface area contributed by atoms with Crippen molar-refractivity contribution in [1.82, 2.24) is 0 Å². The lowest BCUT2D eigenvalue weighted by Crippen LogP contribution is -2.70. The molecule has 0 radical (unpaired) electrons. The number of carbonyl (C=O) groups is 1. The summed E-state index contributed by atoms with van der Waals surface area (Å²) in [6.07, 6.45) is 1.12. The van der Waals surface area contributed by atoms with Gasteiger partial charge >= 0.3 is 0 Å². The molecular formula is C11H16O3. The van der Waals surface area contributed by atoms with Crippen LogP contribution in [0.3, 0.4) is 0 Å². The minimum Gasteiger partial charge on any atom is -0.512 e. The van der Waals surface area contributed by atoms with Crippen molar-refractivity contribution >= 4 is 5.78 Å². The molecule has 2 atom stereocenters. The van der Waals surface area contributed by atoms with E-state index in [1.807, 2.05) is 27.7 Å². The number of rotatable bonds is 1. The minimum atomic E-state index is -0.843. The van der Waals surface area contributed by atoms with Crippen LogP contribution in [0.2, 0.25) is 0 Å². The molecule has 3 aliphatic rings. The second-order valence-electron chi connectivity index (χ2n) is 5.06. The highest BCUT2D eigenvalue weighted by Gasteiger charge is 2.65. The average Bonchev–Trinajstić information content (AvgIpc) is 2.07. The van der Waals surface area contributed by atoms with E-state index in [2.05, 4.69) is 0 Å². The minimum absolute atomic E-state index is 0.0736. The molecule has 0 saturated carbocycles. The third-order valence-electron chi connectivity index (χ3n) is 3.46. The Morgan fingerprint density at radius 3 is 2.50 bits per heavy atom. The largest absolute Gasteiger partial charge is 0.512 e. The molecule has 1 aliphatic carbocycles. The molecule has 3 nitrogen and oxygen atoms in total. The van der Waals surface area contributed by atoms with Gasteiger partial charge in [-0.15, -0.1) is 0 Å². The van der Waals surface area contributed by atoms with E-state index in [4.69, 9.17) is 4.74 Å². The predicted octanol–water partition coefficient (Wildman–Crippen LogP) is 1.83. The van der Waals surface area contributed by atoms with Crippen molar-refractivity contribution in [2.75, 3.05) is 0 Å². The lowest BCUT2D eigenvalue weighted by Gasteiger charge is -2.56. The van der Waals surface area contributed by atoms with E-state index in [-0.39, 0.29) is 17.5 Å². The topological polar surface area (TPSA) is 46.5 Å². The summed E-state index contributed by atoms with van der Waals surface area (Å²) in [6.45, 7) is 7.50. The van der Waals surface area contributed by atoms with E-state index < -0.39 is 17.1 Å². The molecule has 2 unspecified atom stereocenters. The van der Waals surface area contributed by atoms with E-state index >= 15 is 0 Å². The number of hydrogen-bond donors (Lipinski definition) is 1. The van der Waals surface area contributed by atoms with E-state index in [0.29, 0.717) is 0 Å². The van der Waals surface area contributed by atoms with E-state index in [1.54, 1.807) is 6.08 Å². The molecule has 0 aromatic rings. The van der Waals surface area contributed by atoms with Gasteiger partial charge in [-0.3, -0.25) is 4.79 Å². The number of aliphatic hydroxyl groups excluding tert-OH is 1. The van der Waals surface area contributed by atoms with Crippen LogP contribution in [-0.4, -0.2) is 22.6 Å². The number of ether oxygens (including phenoxy) is 1. The summed E-state index contributed by atoms with van der Waals surface area (Å²) < 4.78 is 5.64. The summed E-state index contributed by atoms with van der Waals surface area (Å²) in [4.78, 5) is 11.9.